The number of hydrogen-bond donors (Lipinski definition) is 2. The number of anilines is 1. The van der Waals surface area contributed by atoms with Crippen LogP contribution in [0.2, 0.25) is 0 Å². The van der Waals surface area contributed by atoms with Gasteiger partial charge in [-0.1, -0.05) is 37.8 Å². The first-order chi connectivity index (χ1) is 12.0. The maximum Gasteiger partial charge on any atom is 0.329 e. The van der Waals surface area contributed by atoms with E-state index in [9.17, 15) is 19.5 Å². The average molecular weight is 362 g/mol. The van der Waals surface area contributed by atoms with E-state index in [1.54, 1.807) is 0 Å². The molecule has 25 heavy (non-hydrogen) atoms. The number of para-hydroxylation sites is 1. The molecular formula is C18H22N2O4S. The molecule has 1 aromatic carbocycles. The summed E-state index contributed by atoms with van der Waals surface area (Å²) in [5, 5.41) is 12.4. The van der Waals surface area contributed by atoms with Gasteiger partial charge in [0.15, 0.2) is 0 Å². The number of thioether (sulfide) groups is 1. The Labute approximate surface area is 151 Å². The number of carbonyl (C=O) groups excluding carboxylic acids is 2. The monoisotopic (exact) mass is 362 g/mol. The van der Waals surface area contributed by atoms with Crippen molar-refractivity contribution < 1.29 is 19.5 Å². The van der Waals surface area contributed by atoms with E-state index in [4.69, 9.17) is 0 Å². The molecule has 2 N–H and O–H groups in total. The van der Waals surface area contributed by atoms with Gasteiger partial charge in [-0.15, -0.1) is 11.8 Å². The fourth-order valence-corrected chi connectivity index (χ4v) is 4.44. The fraction of sp³-hybridized carbons (Fsp3) is 0.500. The molecular weight excluding hydrogens is 340 g/mol. The van der Waals surface area contributed by atoms with Crippen LogP contribution < -0.4 is 10.2 Å². The van der Waals surface area contributed by atoms with Gasteiger partial charge in [0.05, 0.1) is 11.4 Å². The summed E-state index contributed by atoms with van der Waals surface area (Å²) < 4.78 is 0. The SMILES string of the molecule is O=C(CN1C(=O)CSc2ccccc21)NC1(C(=O)O)CCCCCC1. The van der Waals surface area contributed by atoms with Gasteiger partial charge in [0.25, 0.3) is 0 Å². The number of amides is 2. The summed E-state index contributed by atoms with van der Waals surface area (Å²) in [6.45, 7) is -0.147. The third-order valence-corrected chi connectivity index (χ3v) is 5.90. The zero-order valence-electron chi connectivity index (χ0n) is 14.0. The molecule has 0 spiro atoms. The Hall–Kier alpha value is -2.02. The van der Waals surface area contributed by atoms with Crippen LogP contribution in [-0.2, 0) is 14.4 Å². The van der Waals surface area contributed by atoms with Crippen LogP contribution in [0.25, 0.3) is 0 Å². The van der Waals surface area contributed by atoms with Crippen molar-refractivity contribution in [3.63, 3.8) is 0 Å². The van der Waals surface area contributed by atoms with Crippen molar-refractivity contribution in [1.29, 1.82) is 0 Å². The molecule has 0 bridgehead atoms. The van der Waals surface area contributed by atoms with Crippen molar-refractivity contribution in [2.75, 3.05) is 17.2 Å². The third-order valence-electron chi connectivity index (χ3n) is 4.86. The number of rotatable bonds is 4. The second-order valence-electron chi connectivity index (χ2n) is 6.59. The summed E-state index contributed by atoms with van der Waals surface area (Å²) in [7, 11) is 0. The Kier molecular flexibility index (Phi) is 5.32. The second-order valence-corrected chi connectivity index (χ2v) is 7.60. The molecule has 1 heterocycles. The summed E-state index contributed by atoms with van der Waals surface area (Å²) in [5.74, 6) is -1.25. The molecule has 0 atom stereocenters. The van der Waals surface area contributed by atoms with Gasteiger partial charge in [-0.2, -0.15) is 0 Å². The number of nitrogens with zero attached hydrogens (tertiary/aromatic N) is 1. The van der Waals surface area contributed by atoms with Crippen LogP contribution in [0.4, 0.5) is 5.69 Å². The van der Waals surface area contributed by atoms with Gasteiger partial charge in [0, 0.05) is 4.90 Å². The molecule has 1 aliphatic heterocycles. The number of nitrogens with one attached hydrogen (secondary N) is 1. The van der Waals surface area contributed by atoms with Crippen LogP contribution in [-0.4, -0.2) is 40.7 Å². The van der Waals surface area contributed by atoms with Crippen molar-refractivity contribution in [1.82, 2.24) is 5.32 Å². The molecule has 2 amide bonds. The van der Waals surface area contributed by atoms with E-state index in [0.717, 1.165) is 30.6 Å². The van der Waals surface area contributed by atoms with Crippen molar-refractivity contribution in [2.45, 2.75) is 49.0 Å². The standard InChI is InChI=1S/C18H22N2O4S/c21-15(19-18(17(23)24)9-5-1-2-6-10-18)11-20-13-7-3-4-8-14(13)25-12-16(20)22/h3-4,7-8H,1-2,5-6,9-12H2,(H,19,21)(H,23,24). The number of benzene rings is 1. The van der Waals surface area contributed by atoms with E-state index in [-0.39, 0.29) is 18.2 Å². The van der Waals surface area contributed by atoms with Crippen molar-refractivity contribution >= 4 is 35.2 Å². The van der Waals surface area contributed by atoms with Crippen molar-refractivity contribution in [3.05, 3.63) is 24.3 Å². The third kappa shape index (κ3) is 3.81. The van der Waals surface area contributed by atoms with Crippen molar-refractivity contribution in [3.8, 4) is 0 Å². The van der Waals surface area contributed by atoms with Gasteiger partial charge < -0.3 is 15.3 Å². The average Bonchev–Trinajstić information content (AvgIpc) is 2.84. The maximum atomic E-state index is 12.6. The molecule has 0 unspecified atom stereocenters. The minimum atomic E-state index is -1.21. The predicted molar refractivity (Wildman–Crippen MR) is 95.7 cm³/mol. The van der Waals surface area contributed by atoms with Crippen molar-refractivity contribution in [2.24, 2.45) is 0 Å². The lowest BCUT2D eigenvalue weighted by molar-refractivity contribution is -0.148. The van der Waals surface area contributed by atoms with E-state index in [0.29, 0.717) is 18.5 Å². The van der Waals surface area contributed by atoms with E-state index < -0.39 is 17.4 Å². The van der Waals surface area contributed by atoms with Gasteiger partial charge in [-0.3, -0.25) is 9.59 Å². The lowest BCUT2D eigenvalue weighted by Crippen LogP contribution is -2.57. The molecule has 2 aliphatic rings. The van der Waals surface area contributed by atoms with Crippen LogP contribution >= 0.6 is 11.8 Å². The number of carbonyl (C=O) groups is 3. The largest absolute Gasteiger partial charge is 0.480 e. The Morgan fingerprint density at radius 2 is 1.84 bits per heavy atom. The summed E-state index contributed by atoms with van der Waals surface area (Å²) in [6, 6.07) is 7.45. The smallest absolute Gasteiger partial charge is 0.329 e. The Morgan fingerprint density at radius 3 is 2.52 bits per heavy atom. The highest BCUT2D eigenvalue weighted by Gasteiger charge is 2.40. The molecule has 7 heteroatoms. The summed E-state index contributed by atoms with van der Waals surface area (Å²) in [4.78, 5) is 39.1. The first kappa shape index (κ1) is 17.8. The molecule has 1 saturated carbocycles. The predicted octanol–water partition coefficient (Wildman–Crippen LogP) is 2.42. The van der Waals surface area contributed by atoms with Crippen LogP contribution in [0.3, 0.4) is 0 Å². The zero-order valence-corrected chi connectivity index (χ0v) is 14.8. The van der Waals surface area contributed by atoms with Gasteiger partial charge >= 0.3 is 5.97 Å². The summed E-state index contributed by atoms with van der Waals surface area (Å²) >= 11 is 1.45. The molecule has 0 radical (unpaired) electrons. The van der Waals surface area contributed by atoms with E-state index in [1.807, 2.05) is 24.3 Å². The summed E-state index contributed by atoms with van der Waals surface area (Å²) in [5.41, 5.74) is -0.495. The lowest BCUT2D eigenvalue weighted by atomic mass is 9.90. The molecule has 1 aliphatic carbocycles. The normalized spacial score (nSPS) is 19.7. The first-order valence-electron chi connectivity index (χ1n) is 8.58. The van der Waals surface area contributed by atoms with E-state index >= 15 is 0 Å². The maximum absolute atomic E-state index is 12.6. The van der Waals surface area contributed by atoms with Crippen LogP contribution in [0, 0.1) is 0 Å². The molecule has 3 rings (SSSR count). The van der Waals surface area contributed by atoms with Gasteiger partial charge in [-0.05, 0) is 25.0 Å². The second kappa shape index (κ2) is 7.47. The molecule has 0 saturated heterocycles. The Balaban J connectivity index is 1.75. The zero-order chi connectivity index (χ0) is 17.9. The molecule has 0 aromatic heterocycles. The van der Waals surface area contributed by atoms with E-state index in [2.05, 4.69) is 5.32 Å². The van der Waals surface area contributed by atoms with Gasteiger partial charge in [0.2, 0.25) is 11.8 Å². The summed E-state index contributed by atoms with van der Waals surface area (Å²) in [6.07, 6.45) is 4.42. The van der Waals surface area contributed by atoms with Crippen LogP contribution in [0.5, 0.6) is 0 Å². The highest BCUT2D eigenvalue weighted by atomic mass is 32.2. The Morgan fingerprint density at radius 1 is 1.16 bits per heavy atom. The number of aliphatic carboxylic acids is 1. The van der Waals surface area contributed by atoms with Gasteiger partial charge in [0.1, 0.15) is 12.1 Å². The number of carboxylic acids is 1. The minimum absolute atomic E-state index is 0.135. The van der Waals surface area contributed by atoms with Crippen LogP contribution in [0.1, 0.15) is 38.5 Å². The quantitative estimate of drug-likeness (QED) is 0.804. The molecule has 1 fully saturated rings. The minimum Gasteiger partial charge on any atom is -0.480 e. The topological polar surface area (TPSA) is 86.7 Å². The Bertz CT molecular complexity index is 683. The highest BCUT2D eigenvalue weighted by Crippen LogP contribution is 2.35. The van der Waals surface area contributed by atoms with Gasteiger partial charge in [-0.25, -0.2) is 4.79 Å². The number of carboxylic acid groups (broad SMARTS) is 1. The molecule has 134 valence electrons. The number of hydrogen-bond acceptors (Lipinski definition) is 4. The van der Waals surface area contributed by atoms with Crippen LogP contribution in [0.15, 0.2) is 29.2 Å². The van der Waals surface area contributed by atoms with E-state index in [1.165, 1.54) is 16.7 Å². The lowest BCUT2D eigenvalue weighted by Gasteiger charge is -2.32. The fourth-order valence-electron chi connectivity index (χ4n) is 3.50. The molecule has 6 nitrogen and oxygen atoms in total. The first-order valence-corrected chi connectivity index (χ1v) is 9.57. The number of fused-ring (bicyclic) bond motifs is 1. The highest BCUT2D eigenvalue weighted by molar-refractivity contribution is 8.00. The molecule has 1 aromatic rings.